The van der Waals surface area contributed by atoms with E-state index >= 15 is 0 Å². The van der Waals surface area contributed by atoms with Crippen LogP contribution in [0.1, 0.15) is 6.92 Å². The van der Waals surface area contributed by atoms with Gasteiger partial charge in [-0.2, -0.15) is 0 Å². The van der Waals surface area contributed by atoms with E-state index in [-0.39, 0.29) is 10.9 Å². The Labute approximate surface area is 150 Å². The summed E-state index contributed by atoms with van der Waals surface area (Å²) in [4.78, 5) is 12.0. The highest BCUT2D eigenvalue weighted by Crippen LogP contribution is 2.17. The summed E-state index contributed by atoms with van der Waals surface area (Å²) in [5, 5.41) is 3.09. The van der Waals surface area contributed by atoms with Gasteiger partial charge in [-0.05, 0) is 55.5 Å². The lowest BCUT2D eigenvalue weighted by molar-refractivity contribution is -0.127. The molecule has 2 aromatic rings. The number of thiocarbonyl (C=S) groups is 1. The molecule has 0 radical (unpaired) electrons. The number of hydrazine groups is 1. The number of halogens is 1. The molecule has 0 saturated carbocycles. The predicted molar refractivity (Wildman–Crippen MR) is 97.0 cm³/mol. The van der Waals surface area contributed by atoms with Crippen molar-refractivity contribution in [3.63, 3.8) is 0 Å². The maximum Gasteiger partial charge on any atom is 0.279 e. The van der Waals surface area contributed by atoms with Gasteiger partial charge >= 0.3 is 0 Å². The molecular weight excluding hydrogens is 345 g/mol. The molecule has 0 spiro atoms. The fourth-order valence-electron chi connectivity index (χ4n) is 1.84. The van der Waals surface area contributed by atoms with Gasteiger partial charge in [0.1, 0.15) is 5.75 Å². The number of benzene rings is 2. The molecule has 0 fully saturated rings. The largest absolute Gasteiger partial charge is 0.497 e. The summed E-state index contributed by atoms with van der Waals surface area (Å²) >= 11 is 5.08. The van der Waals surface area contributed by atoms with Gasteiger partial charge < -0.3 is 14.8 Å². The highest BCUT2D eigenvalue weighted by atomic mass is 32.1. The lowest BCUT2D eigenvalue weighted by Gasteiger charge is -2.16. The third-order valence-electron chi connectivity index (χ3n) is 3.16. The van der Waals surface area contributed by atoms with E-state index in [1.807, 2.05) is 0 Å². The van der Waals surface area contributed by atoms with Crippen molar-refractivity contribution in [2.45, 2.75) is 13.0 Å². The molecule has 0 unspecified atom stereocenters. The van der Waals surface area contributed by atoms with Crippen LogP contribution in [0.5, 0.6) is 11.5 Å². The number of hydrogen-bond acceptors (Lipinski definition) is 4. The zero-order chi connectivity index (χ0) is 18.2. The number of nitrogens with one attached hydrogen (secondary N) is 3. The topological polar surface area (TPSA) is 71.6 Å². The first-order valence-corrected chi connectivity index (χ1v) is 7.82. The molecule has 0 aliphatic heterocycles. The number of methoxy groups -OCH3 is 1. The van der Waals surface area contributed by atoms with Crippen LogP contribution in [0.4, 0.5) is 10.1 Å². The molecule has 6 nitrogen and oxygen atoms in total. The van der Waals surface area contributed by atoms with Gasteiger partial charge in [0.2, 0.25) is 0 Å². The smallest absolute Gasteiger partial charge is 0.279 e. The van der Waals surface area contributed by atoms with Gasteiger partial charge in [-0.25, -0.2) is 4.39 Å². The molecule has 3 N–H and O–H groups in total. The van der Waals surface area contributed by atoms with E-state index in [0.29, 0.717) is 0 Å². The third-order valence-corrected chi connectivity index (χ3v) is 3.36. The minimum Gasteiger partial charge on any atom is -0.497 e. The zero-order valence-electron chi connectivity index (χ0n) is 13.7. The first-order valence-electron chi connectivity index (χ1n) is 7.41. The Balaban J connectivity index is 1.80. The second kappa shape index (κ2) is 8.84. The normalized spacial score (nSPS) is 11.2. The number of hydrogen-bond donors (Lipinski definition) is 3. The van der Waals surface area contributed by atoms with Crippen LogP contribution in [0.15, 0.2) is 48.5 Å². The predicted octanol–water partition coefficient (Wildman–Crippen LogP) is 2.62. The SMILES string of the molecule is COc1ccc(NC(=S)NNC(=O)[C@@H](C)Oc2ccccc2F)cc1. The van der Waals surface area contributed by atoms with Crippen molar-refractivity contribution in [1.29, 1.82) is 0 Å². The lowest BCUT2D eigenvalue weighted by Crippen LogP contribution is -2.48. The van der Waals surface area contributed by atoms with E-state index in [0.717, 1.165) is 11.4 Å². The number of rotatable bonds is 5. The Kier molecular flexibility index (Phi) is 6.53. The van der Waals surface area contributed by atoms with E-state index in [2.05, 4.69) is 16.2 Å². The lowest BCUT2D eigenvalue weighted by atomic mass is 10.3. The van der Waals surface area contributed by atoms with E-state index in [9.17, 15) is 9.18 Å². The summed E-state index contributed by atoms with van der Waals surface area (Å²) < 4.78 is 23.9. The molecule has 1 amide bonds. The summed E-state index contributed by atoms with van der Waals surface area (Å²) in [5.74, 6) is -0.310. The fourth-order valence-corrected chi connectivity index (χ4v) is 2.01. The first kappa shape index (κ1) is 18.5. The highest BCUT2D eigenvalue weighted by Gasteiger charge is 2.16. The maximum atomic E-state index is 13.5. The van der Waals surface area contributed by atoms with E-state index < -0.39 is 17.8 Å². The molecule has 1 atom stereocenters. The van der Waals surface area contributed by atoms with Gasteiger partial charge in [-0.15, -0.1) is 0 Å². The number of ether oxygens (including phenoxy) is 2. The first-order chi connectivity index (χ1) is 12.0. The van der Waals surface area contributed by atoms with E-state index in [1.54, 1.807) is 37.4 Å². The molecule has 0 aromatic heterocycles. The van der Waals surface area contributed by atoms with Crippen LogP contribution in [0, 0.1) is 5.82 Å². The van der Waals surface area contributed by atoms with Crippen molar-refractivity contribution in [3.05, 3.63) is 54.3 Å². The van der Waals surface area contributed by atoms with Gasteiger partial charge in [0, 0.05) is 5.69 Å². The number of para-hydroxylation sites is 1. The van der Waals surface area contributed by atoms with Crippen molar-refractivity contribution < 1.29 is 18.7 Å². The molecule has 0 bridgehead atoms. The Morgan fingerprint density at radius 2 is 1.80 bits per heavy atom. The minimum absolute atomic E-state index is 0.00378. The van der Waals surface area contributed by atoms with Crippen molar-refractivity contribution in [1.82, 2.24) is 10.9 Å². The summed E-state index contributed by atoms with van der Waals surface area (Å²) in [5.41, 5.74) is 5.68. The molecule has 2 rings (SSSR count). The Morgan fingerprint density at radius 1 is 1.12 bits per heavy atom. The second-order valence-corrected chi connectivity index (χ2v) is 5.40. The van der Waals surface area contributed by atoms with Crippen LogP contribution in [-0.2, 0) is 4.79 Å². The Morgan fingerprint density at radius 3 is 2.44 bits per heavy atom. The van der Waals surface area contributed by atoms with Gasteiger partial charge in [-0.3, -0.25) is 15.6 Å². The molecule has 2 aromatic carbocycles. The van der Waals surface area contributed by atoms with Crippen molar-refractivity contribution in [2.75, 3.05) is 12.4 Å². The number of carbonyl (C=O) groups excluding carboxylic acids is 1. The van der Waals surface area contributed by atoms with Gasteiger partial charge in [-0.1, -0.05) is 12.1 Å². The van der Waals surface area contributed by atoms with Crippen LogP contribution in [0.2, 0.25) is 0 Å². The van der Waals surface area contributed by atoms with Crippen LogP contribution in [0.3, 0.4) is 0 Å². The van der Waals surface area contributed by atoms with Gasteiger partial charge in [0.15, 0.2) is 22.8 Å². The summed E-state index contributed by atoms with van der Waals surface area (Å²) in [6.07, 6.45) is -0.909. The van der Waals surface area contributed by atoms with Crippen molar-refractivity contribution >= 4 is 28.9 Å². The zero-order valence-corrected chi connectivity index (χ0v) is 14.5. The summed E-state index contributed by atoms with van der Waals surface area (Å²) in [6, 6.07) is 13.0. The molecule has 0 aliphatic rings. The molecule has 25 heavy (non-hydrogen) atoms. The average molecular weight is 363 g/mol. The van der Waals surface area contributed by atoms with Crippen LogP contribution < -0.4 is 25.6 Å². The van der Waals surface area contributed by atoms with E-state index in [4.69, 9.17) is 21.7 Å². The molecule has 132 valence electrons. The van der Waals surface area contributed by atoms with Crippen LogP contribution >= 0.6 is 12.2 Å². The molecule has 0 saturated heterocycles. The number of anilines is 1. The second-order valence-electron chi connectivity index (χ2n) is 4.99. The number of amides is 1. The van der Waals surface area contributed by atoms with Gasteiger partial charge in [0.25, 0.3) is 5.91 Å². The summed E-state index contributed by atoms with van der Waals surface area (Å²) in [7, 11) is 1.58. The van der Waals surface area contributed by atoms with E-state index in [1.165, 1.54) is 25.1 Å². The molecule has 8 heteroatoms. The molecular formula is C17H18FN3O3S. The average Bonchev–Trinajstić information content (AvgIpc) is 2.62. The third kappa shape index (κ3) is 5.61. The Bertz CT molecular complexity index is 740. The Hall–Kier alpha value is -2.87. The van der Waals surface area contributed by atoms with Crippen molar-refractivity contribution in [2.24, 2.45) is 0 Å². The molecule has 0 aliphatic carbocycles. The minimum atomic E-state index is -0.909. The van der Waals surface area contributed by atoms with Gasteiger partial charge in [0.05, 0.1) is 7.11 Å². The van der Waals surface area contributed by atoms with Crippen molar-refractivity contribution in [3.8, 4) is 11.5 Å². The number of carbonyl (C=O) groups is 1. The fraction of sp³-hybridized carbons (Fsp3) is 0.176. The van der Waals surface area contributed by atoms with Crippen LogP contribution in [0.25, 0.3) is 0 Å². The monoisotopic (exact) mass is 363 g/mol. The standard InChI is InChI=1S/C17H18FN3O3S/c1-11(24-15-6-4-3-5-14(15)18)16(22)20-21-17(25)19-12-7-9-13(23-2)10-8-12/h3-11H,1-2H3,(H,20,22)(H2,19,21,25)/t11-/m1/s1. The van der Waals surface area contributed by atoms with Crippen LogP contribution in [-0.4, -0.2) is 24.2 Å². The maximum absolute atomic E-state index is 13.5. The summed E-state index contributed by atoms with van der Waals surface area (Å²) in [6.45, 7) is 1.50. The highest BCUT2D eigenvalue weighted by molar-refractivity contribution is 7.80. The quantitative estimate of drug-likeness (QED) is 0.560. The molecule has 0 heterocycles.